The SMILES string of the molecule is Cc1cc(C)cc(NC(=O)[C@@H]2CCCCN2CCCF)c1. The zero-order valence-electron chi connectivity index (χ0n) is 13.0. The summed E-state index contributed by atoms with van der Waals surface area (Å²) in [6.45, 7) is 5.29. The predicted molar refractivity (Wildman–Crippen MR) is 84.3 cm³/mol. The molecule has 0 saturated carbocycles. The van der Waals surface area contributed by atoms with Gasteiger partial charge in [0.1, 0.15) is 0 Å². The Morgan fingerprint density at radius 2 is 2.00 bits per heavy atom. The van der Waals surface area contributed by atoms with Crippen LogP contribution in [-0.2, 0) is 4.79 Å². The number of piperidine rings is 1. The van der Waals surface area contributed by atoms with Crippen LogP contribution in [0.25, 0.3) is 0 Å². The van der Waals surface area contributed by atoms with Gasteiger partial charge in [0.05, 0.1) is 12.7 Å². The summed E-state index contributed by atoms with van der Waals surface area (Å²) in [6, 6.07) is 5.94. The van der Waals surface area contributed by atoms with Crippen LogP contribution in [0.3, 0.4) is 0 Å². The van der Waals surface area contributed by atoms with Crippen molar-refractivity contribution in [3.05, 3.63) is 29.3 Å². The molecule has 1 amide bonds. The van der Waals surface area contributed by atoms with Crippen molar-refractivity contribution in [1.29, 1.82) is 0 Å². The zero-order valence-corrected chi connectivity index (χ0v) is 13.0. The Bertz CT molecular complexity index is 469. The van der Waals surface area contributed by atoms with Crippen molar-refractivity contribution in [2.45, 2.75) is 45.6 Å². The van der Waals surface area contributed by atoms with Crippen LogP contribution >= 0.6 is 0 Å². The first-order valence-electron chi connectivity index (χ1n) is 7.79. The lowest BCUT2D eigenvalue weighted by molar-refractivity contribution is -0.122. The minimum Gasteiger partial charge on any atom is -0.325 e. The van der Waals surface area contributed by atoms with Crippen molar-refractivity contribution in [3.8, 4) is 0 Å². The summed E-state index contributed by atoms with van der Waals surface area (Å²) in [5.41, 5.74) is 3.14. The number of halogens is 1. The summed E-state index contributed by atoms with van der Waals surface area (Å²) < 4.78 is 12.4. The number of nitrogens with one attached hydrogen (secondary N) is 1. The van der Waals surface area contributed by atoms with E-state index in [-0.39, 0.29) is 18.6 Å². The Morgan fingerprint density at radius 1 is 1.29 bits per heavy atom. The lowest BCUT2D eigenvalue weighted by Crippen LogP contribution is -2.47. The van der Waals surface area contributed by atoms with E-state index in [1.807, 2.05) is 26.0 Å². The summed E-state index contributed by atoms with van der Waals surface area (Å²) in [7, 11) is 0. The highest BCUT2D eigenvalue weighted by molar-refractivity contribution is 5.95. The van der Waals surface area contributed by atoms with Gasteiger partial charge in [-0.2, -0.15) is 0 Å². The number of nitrogens with zero attached hydrogens (tertiary/aromatic N) is 1. The average Bonchev–Trinajstić information content (AvgIpc) is 2.44. The third-order valence-corrected chi connectivity index (χ3v) is 3.98. The van der Waals surface area contributed by atoms with Gasteiger partial charge in [0.2, 0.25) is 5.91 Å². The predicted octanol–water partition coefficient (Wildman–Crippen LogP) is 3.46. The fourth-order valence-corrected chi connectivity index (χ4v) is 3.09. The van der Waals surface area contributed by atoms with Crippen LogP contribution < -0.4 is 5.32 Å². The van der Waals surface area contributed by atoms with Gasteiger partial charge in [0.15, 0.2) is 0 Å². The first-order chi connectivity index (χ1) is 10.1. The molecule has 1 aliphatic rings. The average molecular weight is 292 g/mol. The highest BCUT2D eigenvalue weighted by Crippen LogP contribution is 2.20. The van der Waals surface area contributed by atoms with Gasteiger partial charge < -0.3 is 5.32 Å². The van der Waals surface area contributed by atoms with Gasteiger partial charge in [0, 0.05) is 12.2 Å². The van der Waals surface area contributed by atoms with E-state index in [1.165, 1.54) is 0 Å². The molecule has 1 fully saturated rings. The topological polar surface area (TPSA) is 32.3 Å². The highest BCUT2D eigenvalue weighted by atomic mass is 19.1. The fraction of sp³-hybridized carbons (Fsp3) is 0.588. The highest BCUT2D eigenvalue weighted by Gasteiger charge is 2.28. The third kappa shape index (κ3) is 4.53. The third-order valence-electron chi connectivity index (χ3n) is 3.98. The Kier molecular flexibility index (Phi) is 5.74. The number of carbonyl (C=O) groups is 1. The number of alkyl halides is 1. The van der Waals surface area contributed by atoms with Crippen molar-refractivity contribution in [1.82, 2.24) is 4.90 Å². The van der Waals surface area contributed by atoms with Crippen LogP contribution in [0.2, 0.25) is 0 Å². The number of amides is 1. The van der Waals surface area contributed by atoms with Gasteiger partial charge in [-0.05, 0) is 62.9 Å². The number of hydrogen-bond donors (Lipinski definition) is 1. The van der Waals surface area contributed by atoms with Crippen molar-refractivity contribution in [2.24, 2.45) is 0 Å². The summed E-state index contributed by atoms with van der Waals surface area (Å²) in [6.07, 6.45) is 3.53. The van der Waals surface area contributed by atoms with Crippen LogP contribution in [0.4, 0.5) is 10.1 Å². The second-order valence-corrected chi connectivity index (χ2v) is 5.96. The van der Waals surface area contributed by atoms with Crippen LogP contribution in [-0.4, -0.2) is 36.6 Å². The molecule has 1 N–H and O–H groups in total. The van der Waals surface area contributed by atoms with E-state index in [0.29, 0.717) is 13.0 Å². The summed E-state index contributed by atoms with van der Waals surface area (Å²) >= 11 is 0. The number of likely N-dealkylation sites (tertiary alicyclic amines) is 1. The molecule has 1 heterocycles. The molecule has 0 unspecified atom stereocenters. The molecule has 1 atom stereocenters. The maximum absolute atomic E-state index is 12.5. The minimum absolute atomic E-state index is 0.0403. The molecule has 2 rings (SSSR count). The molecule has 1 saturated heterocycles. The lowest BCUT2D eigenvalue weighted by Gasteiger charge is -2.34. The van der Waals surface area contributed by atoms with Crippen LogP contribution in [0, 0.1) is 13.8 Å². The first-order valence-corrected chi connectivity index (χ1v) is 7.79. The van der Waals surface area contributed by atoms with E-state index in [0.717, 1.165) is 42.6 Å². The minimum atomic E-state index is -0.318. The molecule has 1 aromatic rings. The summed E-state index contributed by atoms with van der Waals surface area (Å²) in [4.78, 5) is 14.6. The van der Waals surface area contributed by atoms with E-state index in [4.69, 9.17) is 0 Å². The molecule has 1 aliphatic heterocycles. The van der Waals surface area contributed by atoms with Crippen LogP contribution in [0.1, 0.15) is 36.8 Å². The standard InChI is InChI=1S/C17H25FN2O/c1-13-10-14(2)12-15(11-13)19-17(21)16-6-3-4-8-20(16)9-5-7-18/h10-12,16H,3-9H2,1-2H3,(H,19,21)/t16-/m0/s1. The molecule has 0 radical (unpaired) electrons. The fourth-order valence-electron chi connectivity index (χ4n) is 3.09. The first kappa shape index (κ1) is 16.0. The van der Waals surface area contributed by atoms with Gasteiger partial charge in [-0.1, -0.05) is 12.5 Å². The molecule has 116 valence electrons. The van der Waals surface area contributed by atoms with E-state index in [1.54, 1.807) is 0 Å². The Hall–Kier alpha value is -1.42. The molecule has 3 nitrogen and oxygen atoms in total. The molecule has 0 spiro atoms. The van der Waals surface area contributed by atoms with Crippen molar-refractivity contribution in [2.75, 3.05) is 25.1 Å². The second kappa shape index (κ2) is 7.55. The number of rotatable bonds is 5. The van der Waals surface area contributed by atoms with Gasteiger partial charge >= 0.3 is 0 Å². The van der Waals surface area contributed by atoms with Crippen LogP contribution in [0.5, 0.6) is 0 Å². The Balaban J connectivity index is 2.02. The number of aryl methyl sites for hydroxylation is 2. The number of benzene rings is 1. The maximum Gasteiger partial charge on any atom is 0.241 e. The molecule has 0 aromatic heterocycles. The van der Waals surface area contributed by atoms with E-state index in [2.05, 4.69) is 16.3 Å². The quantitative estimate of drug-likeness (QED) is 0.901. The molecule has 1 aromatic carbocycles. The number of hydrogen-bond acceptors (Lipinski definition) is 2. The summed E-state index contributed by atoms with van der Waals surface area (Å²) in [5, 5.41) is 3.03. The lowest BCUT2D eigenvalue weighted by atomic mass is 10.0. The normalized spacial score (nSPS) is 19.5. The second-order valence-electron chi connectivity index (χ2n) is 5.96. The molecular formula is C17H25FN2O. The summed E-state index contributed by atoms with van der Waals surface area (Å²) in [5.74, 6) is 0.0403. The maximum atomic E-state index is 12.5. The Labute approximate surface area is 126 Å². The largest absolute Gasteiger partial charge is 0.325 e. The van der Waals surface area contributed by atoms with Crippen molar-refractivity contribution < 1.29 is 9.18 Å². The molecule has 0 aliphatic carbocycles. The van der Waals surface area contributed by atoms with Crippen LogP contribution in [0.15, 0.2) is 18.2 Å². The Morgan fingerprint density at radius 3 is 2.67 bits per heavy atom. The zero-order chi connectivity index (χ0) is 15.2. The smallest absolute Gasteiger partial charge is 0.241 e. The van der Waals surface area contributed by atoms with E-state index >= 15 is 0 Å². The van der Waals surface area contributed by atoms with Gasteiger partial charge in [0.25, 0.3) is 0 Å². The monoisotopic (exact) mass is 292 g/mol. The van der Waals surface area contributed by atoms with E-state index in [9.17, 15) is 9.18 Å². The van der Waals surface area contributed by atoms with E-state index < -0.39 is 0 Å². The van der Waals surface area contributed by atoms with Gasteiger partial charge in [-0.3, -0.25) is 14.1 Å². The number of anilines is 1. The number of carbonyl (C=O) groups excluding carboxylic acids is 1. The molecule has 0 bridgehead atoms. The van der Waals surface area contributed by atoms with Crippen molar-refractivity contribution in [3.63, 3.8) is 0 Å². The molecule has 21 heavy (non-hydrogen) atoms. The molecular weight excluding hydrogens is 267 g/mol. The van der Waals surface area contributed by atoms with Crippen molar-refractivity contribution >= 4 is 11.6 Å². The van der Waals surface area contributed by atoms with Gasteiger partial charge in [-0.25, -0.2) is 0 Å². The molecule has 4 heteroatoms. The van der Waals surface area contributed by atoms with Gasteiger partial charge in [-0.15, -0.1) is 0 Å².